The molecule has 3 aromatic heterocycles. The van der Waals surface area contributed by atoms with Gasteiger partial charge in [-0.25, -0.2) is 14.6 Å². The second-order valence-corrected chi connectivity index (χ2v) is 8.89. The minimum absolute atomic E-state index is 0.218. The van der Waals surface area contributed by atoms with E-state index in [1.165, 1.54) is 11.3 Å². The molecule has 0 unspecified atom stereocenters. The maximum absolute atomic E-state index is 12.6. The normalized spacial score (nSPS) is 12.7. The van der Waals surface area contributed by atoms with Crippen molar-refractivity contribution in [3.8, 4) is 0 Å². The van der Waals surface area contributed by atoms with Crippen LogP contribution < -0.4 is 10.2 Å². The molecule has 0 aliphatic carbocycles. The lowest BCUT2D eigenvalue weighted by atomic mass is 10.2. The second-order valence-electron chi connectivity index (χ2n) is 7.80. The number of aryl methyl sites for hydroxylation is 3. The largest absolute Gasteiger partial charge is 0.490 e. The number of aromatic nitrogens is 4. The summed E-state index contributed by atoms with van der Waals surface area (Å²) in [6.45, 7) is 4.63. The third kappa shape index (κ3) is 9.44. The fraction of sp³-hybridized carbons (Fsp3) is 0.318. The molecule has 0 spiro atoms. The number of carbonyl (C=O) groups excluding carboxylic acids is 1. The maximum Gasteiger partial charge on any atom is 0.490 e. The number of rotatable bonds is 3. The number of hydrogen-bond donors (Lipinski definition) is 3. The van der Waals surface area contributed by atoms with Crippen molar-refractivity contribution in [3.63, 3.8) is 0 Å². The summed E-state index contributed by atoms with van der Waals surface area (Å²) < 4.78 is 63.5. The van der Waals surface area contributed by atoms with Crippen LogP contribution in [0, 0.1) is 13.8 Å². The molecule has 0 atom stereocenters. The molecule has 4 rings (SSSR count). The molecule has 0 saturated carbocycles. The first-order valence-electron chi connectivity index (χ1n) is 10.9. The van der Waals surface area contributed by atoms with Gasteiger partial charge in [-0.3, -0.25) is 9.78 Å². The Morgan fingerprint density at radius 2 is 1.50 bits per heavy atom. The molecule has 216 valence electrons. The van der Waals surface area contributed by atoms with Crippen molar-refractivity contribution in [3.05, 3.63) is 51.7 Å². The number of carbonyl (C=O) groups is 3. The van der Waals surface area contributed by atoms with Gasteiger partial charge in [0.2, 0.25) is 0 Å². The van der Waals surface area contributed by atoms with Gasteiger partial charge in [-0.15, -0.1) is 16.4 Å². The van der Waals surface area contributed by atoms with Gasteiger partial charge in [-0.05, 0) is 51.0 Å². The second kappa shape index (κ2) is 13.1. The number of pyridine rings is 1. The highest BCUT2D eigenvalue weighted by Gasteiger charge is 2.38. The summed E-state index contributed by atoms with van der Waals surface area (Å²) in [4.78, 5) is 42.3. The van der Waals surface area contributed by atoms with E-state index >= 15 is 0 Å². The van der Waals surface area contributed by atoms with Gasteiger partial charge in [0, 0.05) is 17.1 Å². The molecule has 1 aliphatic rings. The van der Waals surface area contributed by atoms with E-state index in [-0.39, 0.29) is 5.91 Å². The Morgan fingerprint density at radius 1 is 0.925 bits per heavy atom. The topological polar surface area (TPSA) is 158 Å². The van der Waals surface area contributed by atoms with Crippen LogP contribution in [0.1, 0.15) is 32.5 Å². The number of fused-ring (bicyclic) bond motifs is 1. The van der Waals surface area contributed by atoms with E-state index in [0.717, 1.165) is 47.3 Å². The zero-order valence-electron chi connectivity index (χ0n) is 20.5. The summed E-state index contributed by atoms with van der Waals surface area (Å²) in [6.07, 6.45) is -6.61. The molecule has 0 fully saturated rings. The molecule has 0 aromatic carbocycles. The highest BCUT2D eigenvalue weighted by molar-refractivity contribution is 7.14. The SMILES string of the molecule is Cc1ccc(NC(=O)c2nc3c(s2)CCCN3c2ccc(C)nn2)cn1.O=C(O)C(F)(F)F.O=C(O)C(F)(F)F. The number of amides is 1. The smallest absolute Gasteiger partial charge is 0.475 e. The maximum atomic E-state index is 12.6. The van der Waals surface area contributed by atoms with E-state index in [1.54, 1.807) is 6.20 Å². The zero-order valence-corrected chi connectivity index (χ0v) is 21.4. The Balaban J connectivity index is 0.000000333. The third-order valence-electron chi connectivity index (χ3n) is 4.63. The minimum atomic E-state index is -5.08. The average molecular weight is 594 g/mol. The van der Waals surface area contributed by atoms with Gasteiger partial charge in [0.1, 0.15) is 5.82 Å². The zero-order chi connectivity index (χ0) is 30.3. The third-order valence-corrected chi connectivity index (χ3v) is 5.73. The lowest BCUT2D eigenvalue weighted by Gasteiger charge is -2.25. The number of carboxylic acids is 2. The molecule has 3 aromatic rings. The standard InChI is InChI=1S/C18H18N6OS.2C2HF3O2/c1-11-5-7-13(10-19-11)20-17(25)18-21-16-14(26-18)4-3-9-24(16)15-8-6-12(2)22-23-15;2*3-2(4,5)1(6)7/h5-8,10H,3-4,9H2,1-2H3,(H,20,25);2*(H,6,7). The Kier molecular flexibility index (Phi) is 10.5. The first kappa shape index (κ1) is 31.9. The predicted octanol–water partition coefficient (Wildman–Crippen LogP) is 4.55. The van der Waals surface area contributed by atoms with Crippen LogP contribution in [0.25, 0.3) is 0 Å². The van der Waals surface area contributed by atoms with Crippen molar-refractivity contribution >= 4 is 46.5 Å². The minimum Gasteiger partial charge on any atom is -0.475 e. The van der Waals surface area contributed by atoms with E-state index in [2.05, 4.69) is 25.5 Å². The highest BCUT2D eigenvalue weighted by atomic mass is 32.1. The van der Waals surface area contributed by atoms with Crippen LogP contribution >= 0.6 is 11.3 Å². The first-order chi connectivity index (χ1) is 18.5. The van der Waals surface area contributed by atoms with Crippen LogP contribution in [0.2, 0.25) is 0 Å². The number of aliphatic carboxylic acids is 2. The van der Waals surface area contributed by atoms with E-state index < -0.39 is 24.3 Å². The van der Waals surface area contributed by atoms with Crippen LogP contribution in [-0.4, -0.2) is 67.1 Å². The summed E-state index contributed by atoms with van der Waals surface area (Å²) in [5, 5.41) is 25.9. The van der Waals surface area contributed by atoms with Gasteiger partial charge in [0.05, 0.1) is 17.6 Å². The Bertz CT molecular complexity index is 1310. The number of halogens is 6. The summed E-state index contributed by atoms with van der Waals surface area (Å²) in [6, 6.07) is 7.57. The van der Waals surface area contributed by atoms with Gasteiger partial charge >= 0.3 is 24.3 Å². The van der Waals surface area contributed by atoms with Crippen molar-refractivity contribution in [1.82, 2.24) is 20.2 Å². The molecular weight excluding hydrogens is 574 g/mol. The van der Waals surface area contributed by atoms with Crippen LogP contribution in [-0.2, 0) is 16.0 Å². The number of nitrogens with zero attached hydrogens (tertiary/aromatic N) is 5. The molecule has 40 heavy (non-hydrogen) atoms. The number of nitrogens with one attached hydrogen (secondary N) is 1. The molecule has 1 aliphatic heterocycles. The summed E-state index contributed by atoms with van der Waals surface area (Å²) >= 11 is 1.43. The summed E-state index contributed by atoms with van der Waals surface area (Å²) in [7, 11) is 0. The lowest BCUT2D eigenvalue weighted by molar-refractivity contribution is -0.193. The Morgan fingerprint density at radius 3 is 1.98 bits per heavy atom. The van der Waals surface area contributed by atoms with Gasteiger partial charge in [-0.1, -0.05) is 0 Å². The molecule has 11 nitrogen and oxygen atoms in total. The fourth-order valence-corrected chi connectivity index (χ4v) is 3.81. The van der Waals surface area contributed by atoms with Gasteiger partial charge < -0.3 is 20.4 Å². The summed E-state index contributed by atoms with van der Waals surface area (Å²) in [5.74, 6) is -4.16. The van der Waals surface area contributed by atoms with E-state index in [1.807, 2.05) is 43.0 Å². The van der Waals surface area contributed by atoms with Crippen molar-refractivity contribution in [2.45, 2.75) is 39.0 Å². The number of anilines is 3. The van der Waals surface area contributed by atoms with E-state index in [4.69, 9.17) is 19.8 Å². The van der Waals surface area contributed by atoms with Crippen LogP contribution in [0.3, 0.4) is 0 Å². The quantitative estimate of drug-likeness (QED) is 0.368. The van der Waals surface area contributed by atoms with Crippen LogP contribution in [0.5, 0.6) is 0 Å². The van der Waals surface area contributed by atoms with Gasteiger partial charge in [-0.2, -0.15) is 31.4 Å². The van der Waals surface area contributed by atoms with E-state index in [0.29, 0.717) is 10.7 Å². The molecule has 0 bridgehead atoms. The van der Waals surface area contributed by atoms with Gasteiger partial charge in [0.15, 0.2) is 10.8 Å². The number of thiazole rings is 1. The molecule has 0 radical (unpaired) electrons. The fourth-order valence-electron chi connectivity index (χ4n) is 2.80. The van der Waals surface area contributed by atoms with Gasteiger partial charge in [0.25, 0.3) is 5.91 Å². The van der Waals surface area contributed by atoms with Crippen LogP contribution in [0.15, 0.2) is 30.5 Å². The van der Waals surface area contributed by atoms with Crippen molar-refractivity contribution in [2.24, 2.45) is 0 Å². The predicted molar refractivity (Wildman–Crippen MR) is 129 cm³/mol. The molecule has 0 saturated heterocycles. The van der Waals surface area contributed by atoms with Crippen molar-refractivity contribution < 1.29 is 50.9 Å². The van der Waals surface area contributed by atoms with Crippen molar-refractivity contribution in [2.75, 3.05) is 16.8 Å². The first-order valence-corrected chi connectivity index (χ1v) is 11.7. The highest BCUT2D eigenvalue weighted by Crippen LogP contribution is 2.35. The van der Waals surface area contributed by atoms with Crippen molar-refractivity contribution in [1.29, 1.82) is 0 Å². The Hall–Kier alpha value is -4.35. The molecule has 1 amide bonds. The Labute approximate surface area is 225 Å². The molecule has 4 heterocycles. The van der Waals surface area contributed by atoms with E-state index in [9.17, 15) is 31.1 Å². The number of alkyl halides is 6. The number of hydrogen-bond acceptors (Lipinski definition) is 9. The molecular formula is C22H20F6N6O5S. The average Bonchev–Trinajstić information content (AvgIpc) is 3.30. The lowest BCUT2D eigenvalue weighted by Crippen LogP contribution is -2.25. The molecule has 3 N–H and O–H groups in total. The monoisotopic (exact) mass is 594 g/mol. The van der Waals surface area contributed by atoms with Crippen LogP contribution in [0.4, 0.5) is 43.7 Å². The summed E-state index contributed by atoms with van der Waals surface area (Å²) in [5.41, 5.74) is 2.44. The number of carboxylic acid groups (broad SMARTS) is 2. The molecule has 18 heteroatoms.